The molecular weight excluding hydrogens is 155 g/mol. The molecule has 0 atom stereocenters. The van der Waals surface area contributed by atoms with Crippen LogP contribution in [0.15, 0.2) is 30.4 Å². The summed E-state index contributed by atoms with van der Waals surface area (Å²) in [7, 11) is 0. The molecule has 2 rings (SSSR count). The number of hydrogen-bond acceptors (Lipinski definition) is 1. The number of fused-ring (bicyclic) bond motifs is 1. The standard InChI is InChI=1S/C10H9FO/c11-9-4-5-10-8(7-9)3-1-2-6-12-10/h1-2,4-5,7H,3,6H2. The molecule has 1 aliphatic heterocycles. The summed E-state index contributed by atoms with van der Waals surface area (Å²) in [6, 6.07) is 4.62. The lowest BCUT2D eigenvalue weighted by molar-refractivity contribution is 0.362. The first-order chi connectivity index (χ1) is 5.86. The van der Waals surface area contributed by atoms with E-state index in [9.17, 15) is 4.39 Å². The maximum atomic E-state index is 12.7. The Hall–Kier alpha value is -1.31. The van der Waals surface area contributed by atoms with E-state index in [-0.39, 0.29) is 5.82 Å². The molecule has 0 bridgehead atoms. The van der Waals surface area contributed by atoms with Crippen LogP contribution in [0.2, 0.25) is 0 Å². The van der Waals surface area contributed by atoms with Crippen molar-refractivity contribution in [2.45, 2.75) is 6.42 Å². The first-order valence-electron chi connectivity index (χ1n) is 3.92. The third kappa shape index (κ3) is 1.33. The Morgan fingerprint density at radius 2 is 2.17 bits per heavy atom. The van der Waals surface area contributed by atoms with Crippen LogP contribution in [0.4, 0.5) is 4.39 Å². The number of allylic oxidation sites excluding steroid dienone is 1. The maximum absolute atomic E-state index is 12.7. The monoisotopic (exact) mass is 164 g/mol. The Morgan fingerprint density at radius 1 is 1.25 bits per heavy atom. The predicted molar refractivity (Wildman–Crippen MR) is 44.7 cm³/mol. The molecule has 0 N–H and O–H groups in total. The molecule has 0 aromatic heterocycles. The van der Waals surface area contributed by atoms with Crippen LogP contribution < -0.4 is 4.74 Å². The zero-order valence-electron chi connectivity index (χ0n) is 6.59. The van der Waals surface area contributed by atoms with Crippen LogP contribution in [0.3, 0.4) is 0 Å². The number of benzene rings is 1. The van der Waals surface area contributed by atoms with E-state index in [4.69, 9.17) is 4.74 Å². The van der Waals surface area contributed by atoms with E-state index in [1.807, 2.05) is 12.2 Å². The quantitative estimate of drug-likeness (QED) is 0.535. The summed E-state index contributed by atoms with van der Waals surface area (Å²) in [4.78, 5) is 0. The van der Waals surface area contributed by atoms with Crippen LogP contribution in [-0.4, -0.2) is 6.61 Å². The topological polar surface area (TPSA) is 9.23 Å². The molecule has 1 nitrogen and oxygen atoms in total. The fourth-order valence-corrected chi connectivity index (χ4v) is 1.26. The average Bonchev–Trinajstić information content (AvgIpc) is 2.28. The zero-order valence-corrected chi connectivity index (χ0v) is 6.59. The molecule has 0 aliphatic carbocycles. The molecule has 1 aromatic carbocycles. The van der Waals surface area contributed by atoms with Gasteiger partial charge in [-0.3, -0.25) is 0 Å². The second-order valence-corrected chi connectivity index (χ2v) is 2.74. The number of rotatable bonds is 0. The highest BCUT2D eigenvalue weighted by Crippen LogP contribution is 2.22. The lowest BCUT2D eigenvalue weighted by Gasteiger charge is -2.05. The van der Waals surface area contributed by atoms with Gasteiger partial charge in [-0.2, -0.15) is 0 Å². The van der Waals surface area contributed by atoms with Crippen molar-refractivity contribution in [3.8, 4) is 5.75 Å². The highest BCUT2D eigenvalue weighted by molar-refractivity contribution is 5.36. The van der Waals surface area contributed by atoms with E-state index < -0.39 is 0 Å². The maximum Gasteiger partial charge on any atom is 0.123 e. The summed E-state index contributed by atoms with van der Waals surface area (Å²) in [5.41, 5.74) is 0.920. The summed E-state index contributed by atoms with van der Waals surface area (Å²) in [6.45, 7) is 0.582. The minimum atomic E-state index is -0.201. The number of ether oxygens (including phenoxy) is 1. The van der Waals surface area contributed by atoms with E-state index in [0.29, 0.717) is 6.61 Å². The van der Waals surface area contributed by atoms with Gasteiger partial charge in [-0.05, 0) is 24.6 Å². The Morgan fingerprint density at radius 3 is 3.08 bits per heavy atom. The largest absolute Gasteiger partial charge is 0.489 e. The van der Waals surface area contributed by atoms with Crippen LogP contribution in [0.5, 0.6) is 5.75 Å². The Balaban J connectivity index is 2.42. The predicted octanol–water partition coefficient (Wildman–Crippen LogP) is 2.32. The van der Waals surface area contributed by atoms with Gasteiger partial charge in [0.25, 0.3) is 0 Å². The fourth-order valence-electron chi connectivity index (χ4n) is 1.26. The van der Waals surface area contributed by atoms with Crippen LogP contribution >= 0.6 is 0 Å². The average molecular weight is 164 g/mol. The molecule has 1 heterocycles. The van der Waals surface area contributed by atoms with Crippen molar-refractivity contribution >= 4 is 0 Å². The summed E-state index contributed by atoms with van der Waals surface area (Å²) < 4.78 is 18.1. The number of halogens is 1. The molecular formula is C10H9FO. The summed E-state index contributed by atoms with van der Waals surface area (Å²) in [6.07, 6.45) is 4.69. The second kappa shape index (κ2) is 2.97. The van der Waals surface area contributed by atoms with Gasteiger partial charge in [0, 0.05) is 5.56 Å². The Bertz CT molecular complexity index is 318. The van der Waals surface area contributed by atoms with Crippen molar-refractivity contribution in [3.63, 3.8) is 0 Å². The third-order valence-corrected chi connectivity index (χ3v) is 1.86. The molecule has 0 unspecified atom stereocenters. The smallest absolute Gasteiger partial charge is 0.123 e. The van der Waals surface area contributed by atoms with Crippen LogP contribution in [0.25, 0.3) is 0 Å². The van der Waals surface area contributed by atoms with Crippen molar-refractivity contribution in [1.82, 2.24) is 0 Å². The molecule has 12 heavy (non-hydrogen) atoms. The zero-order chi connectivity index (χ0) is 8.39. The van der Waals surface area contributed by atoms with Gasteiger partial charge in [0.1, 0.15) is 18.2 Å². The van der Waals surface area contributed by atoms with E-state index in [2.05, 4.69) is 0 Å². The minimum absolute atomic E-state index is 0.201. The van der Waals surface area contributed by atoms with Gasteiger partial charge in [-0.25, -0.2) is 4.39 Å². The van der Waals surface area contributed by atoms with Gasteiger partial charge in [0.05, 0.1) is 0 Å². The lowest BCUT2D eigenvalue weighted by Crippen LogP contribution is -1.94. The SMILES string of the molecule is Fc1ccc2c(c1)CC=CCO2. The van der Waals surface area contributed by atoms with Gasteiger partial charge in [-0.1, -0.05) is 12.2 Å². The fraction of sp³-hybridized carbons (Fsp3) is 0.200. The molecule has 2 heteroatoms. The molecule has 0 spiro atoms. The van der Waals surface area contributed by atoms with Crippen molar-refractivity contribution in [2.75, 3.05) is 6.61 Å². The van der Waals surface area contributed by atoms with Gasteiger partial charge >= 0.3 is 0 Å². The van der Waals surface area contributed by atoms with Gasteiger partial charge in [0.15, 0.2) is 0 Å². The summed E-state index contributed by atoms with van der Waals surface area (Å²) in [5, 5.41) is 0. The molecule has 0 saturated heterocycles. The van der Waals surface area contributed by atoms with Crippen molar-refractivity contribution in [1.29, 1.82) is 0 Å². The highest BCUT2D eigenvalue weighted by atomic mass is 19.1. The molecule has 1 aliphatic rings. The molecule has 0 fully saturated rings. The van der Waals surface area contributed by atoms with Crippen LogP contribution in [0, 0.1) is 5.82 Å². The molecule has 0 radical (unpaired) electrons. The van der Waals surface area contributed by atoms with Gasteiger partial charge in [-0.15, -0.1) is 0 Å². The third-order valence-electron chi connectivity index (χ3n) is 1.86. The summed E-state index contributed by atoms with van der Waals surface area (Å²) in [5.74, 6) is 0.592. The first kappa shape index (κ1) is 7.35. The van der Waals surface area contributed by atoms with Crippen LogP contribution in [0.1, 0.15) is 5.56 Å². The second-order valence-electron chi connectivity index (χ2n) is 2.74. The highest BCUT2D eigenvalue weighted by Gasteiger charge is 2.05. The normalized spacial score (nSPS) is 14.8. The summed E-state index contributed by atoms with van der Waals surface area (Å²) >= 11 is 0. The Kier molecular flexibility index (Phi) is 1.82. The first-order valence-corrected chi connectivity index (χ1v) is 3.92. The number of hydrogen-bond donors (Lipinski definition) is 0. The van der Waals surface area contributed by atoms with E-state index in [1.165, 1.54) is 12.1 Å². The molecule has 62 valence electrons. The lowest BCUT2D eigenvalue weighted by atomic mass is 10.1. The van der Waals surface area contributed by atoms with Crippen LogP contribution in [-0.2, 0) is 6.42 Å². The van der Waals surface area contributed by atoms with Crippen molar-refractivity contribution in [2.24, 2.45) is 0 Å². The van der Waals surface area contributed by atoms with E-state index in [1.54, 1.807) is 6.07 Å². The minimum Gasteiger partial charge on any atom is -0.489 e. The molecule has 1 aromatic rings. The van der Waals surface area contributed by atoms with E-state index >= 15 is 0 Å². The van der Waals surface area contributed by atoms with Crippen molar-refractivity contribution < 1.29 is 9.13 Å². The van der Waals surface area contributed by atoms with Gasteiger partial charge < -0.3 is 4.74 Å². The molecule has 0 amide bonds. The Labute approximate surface area is 70.5 Å². The van der Waals surface area contributed by atoms with Crippen molar-refractivity contribution in [3.05, 3.63) is 41.7 Å². The molecule has 0 saturated carbocycles. The van der Waals surface area contributed by atoms with Gasteiger partial charge in [0.2, 0.25) is 0 Å². The van der Waals surface area contributed by atoms with E-state index in [0.717, 1.165) is 17.7 Å².